The van der Waals surface area contributed by atoms with Crippen LogP contribution >= 0.6 is 11.3 Å². The van der Waals surface area contributed by atoms with Crippen LogP contribution in [0.2, 0.25) is 0 Å². The molecular weight excluding hydrogens is 410 g/mol. The molecule has 4 aromatic rings. The second-order valence-corrected chi connectivity index (χ2v) is 7.57. The molecule has 1 amide bonds. The summed E-state index contributed by atoms with van der Waals surface area (Å²) < 4.78 is 1.51. The summed E-state index contributed by atoms with van der Waals surface area (Å²) in [6.45, 7) is -0.211. The second kappa shape index (κ2) is 7.67. The number of nitrogens with two attached hydrogens (primary N) is 2. The minimum absolute atomic E-state index is 0.146. The molecule has 0 saturated carbocycles. The van der Waals surface area contributed by atoms with Crippen LogP contribution in [-0.4, -0.2) is 53.6 Å². The molecule has 12 heteroatoms. The maximum atomic E-state index is 12.7. The van der Waals surface area contributed by atoms with Gasteiger partial charge in [-0.05, 0) is 6.07 Å². The van der Waals surface area contributed by atoms with E-state index in [0.717, 1.165) is 10.4 Å². The van der Waals surface area contributed by atoms with Crippen molar-refractivity contribution in [2.24, 2.45) is 5.73 Å². The Kier molecular flexibility index (Phi) is 5.03. The van der Waals surface area contributed by atoms with E-state index in [4.69, 9.17) is 16.6 Å². The van der Waals surface area contributed by atoms with Gasteiger partial charge < -0.3 is 26.7 Å². The number of anilines is 1. The normalized spacial score (nSPS) is 12.3. The SMILES string of the molecule is NC(=O)c1cnc2c(N)c(-c3ncc(-c4cnn(CC(O)CO)c4)s3)c(=O)[nH]c2c1. The van der Waals surface area contributed by atoms with E-state index in [1.807, 2.05) is 0 Å². The van der Waals surface area contributed by atoms with Gasteiger partial charge >= 0.3 is 0 Å². The number of aliphatic hydroxyl groups excluding tert-OH is 2. The first-order chi connectivity index (χ1) is 14.4. The van der Waals surface area contributed by atoms with Crippen LogP contribution in [0.3, 0.4) is 0 Å². The fourth-order valence-corrected chi connectivity index (χ4v) is 3.88. The summed E-state index contributed by atoms with van der Waals surface area (Å²) in [5.41, 5.74) is 12.8. The van der Waals surface area contributed by atoms with Crippen molar-refractivity contribution in [3.8, 4) is 21.0 Å². The lowest BCUT2D eigenvalue weighted by atomic mass is 10.1. The lowest BCUT2D eigenvalue weighted by molar-refractivity contribution is 0.0783. The quantitative estimate of drug-likeness (QED) is 0.283. The van der Waals surface area contributed by atoms with Crippen LogP contribution < -0.4 is 17.0 Å². The number of hydrogen-bond donors (Lipinski definition) is 5. The van der Waals surface area contributed by atoms with Gasteiger partial charge in [0.2, 0.25) is 5.91 Å². The van der Waals surface area contributed by atoms with Gasteiger partial charge in [-0.25, -0.2) is 4.98 Å². The number of pyridine rings is 2. The molecule has 11 nitrogen and oxygen atoms in total. The number of aliphatic hydroxyl groups is 2. The number of rotatable bonds is 6. The number of fused-ring (bicyclic) bond motifs is 1. The lowest BCUT2D eigenvalue weighted by Crippen LogP contribution is -2.19. The average molecular weight is 427 g/mol. The van der Waals surface area contributed by atoms with Crippen molar-refractivity contribution in [2.75, 3.05) is 12.3 Å². The predicted molar refractivity (Wildman–Crippen MR) is 111 cm³/mol. The van der Waals surface area contributed by atoms with Crippen molar-refractivity contribution in [3.05, 3.63) is 46.8 Å². The van der Waals surface area contributed by atoms with Crippen LogP contribution in [0.1, 0.15) is 10.4 Å². The number of thiazole rings is 1. The third kappa shape index (κ3) is 3.54. The van der Waals surface area contributed by atoms with Gasteiger partial charge in [0.15, 0.2) is 0 Å². The molecule has 0 saturated heterocycles. The standard InChI is InChI=1S/C18H17N7O4S/c19-14-13(17(29)24-11-1-8(16(20)28)2-21-15(11)14)18-22-4-12(30-18)9-3-23-25(5-9)6-10(27)7-26/h1-5,10,26-27H,6-7H2,(H2,20,28)(H3,19,24,29). The minimum atomic E-state index is -0.909. The molecule has 4 rings (SSSR count). The Bertz CT molecular complexity index is 1310. The van der Waals surface area contributed by atoms with E-state index in [0.29, 0.717) is 16.0 Å². The lowest BCUT2D eigenvalue weighted by Gasteiger charge is -2.06. The van der Waals surface area contributed by atoms with Gasteiger partial charge in [0, 0.05) is 24.2 Å². The smallest absolute Gasteiger partial charge is 0.260 e. The molecule has 0 radical (unpaired) electrons. The van der Waals surface area contributed by atoms with E-state index in [1.165, 1.54) is 28.3 Å². The molecule has 0 fully saturated rings. The van der Waals surface area contributed by atoms with Gasteiger partial charge in [0.05, 0.1) is 47.1 Å². The number of H-pyrrole nitrogens is 1. The van der Waals surface area contributed by atoms with Gasteiger partial charge in [-0.15, -0.1) is 11.3 Å². The number of nitrogen functional groups attached to an aromatic ring is 1. The average Bonchev–Trinajstić information content (AvgIpc) is 3.37. The third-order valence-electron chi connectivity index (χ3n) is 4.42. The zero-order valence-electron chi connectivity index (χ0n) is 15.4. The zero-order chi connectivity index (χ0) is 21.4. The second-order valence-electron chi connectivity index (χ2n) is 6.54. The Morgan fingerprint density at radius 1 is 1.30 bits per heavy atom. The van der Waals surface area contributed by atoms with Gasteiger partial charge in [-0.3, -0.25) is 19.3 Å². The fourth-order valence-electron chi connectivity index (χ4n) is 2.93. The van der Waals surface area contributed by atoms with Gasteiger partial charge in [0.1, 0.15) is 16.1 Å². The first kappa shape index (κ1) is 19.7. The topological polar surface area (TPSA) is 186 Å². The molecule has 154 valence electrons. The summed E-state index contributed by atoms with van der Waals surface area (Å²) in [4.78, 5) is 35.9. The molecule has 4 heterocycles. The van der Waals surface area contributed by atoms with Crippen LogP contribution in [0.15, 0.2) is 35.6 Å². The first-order valence-electron chi connectivity index (χ1n) is 8.76. The molecule has 30 heavy (non-hydrogen) atoms. The van der Waals surface area contributed by atoms with Crippen LogP contribution in [0.5, 0.6) is 0 Å². The molecule has 0 aromatic carbocycles. The van der Waals surface area contributed by atoms with E-state index < -0.39 is 17.6 Å². The van der Waals surface area contributed by atoms with Crippen molar-refractivity contribution in [1.29, 1.82) is 0 Å². The highest BCUT2D eigenvalue weighted by molar-refractivity contribution is 7.18. The number of aromatic amines is 1. The fraction of sp³-hybridized carbons (Fsp3) is 0.167. The molecule has 0 aliphatic carbocycles. The molecule has 0 aliphatic heterocycles. The molecule has 0 bridgehead atoms. The molecule has 1 atom stereocenters. The maximum Gasteiger partial charge on any atom is 0.260 e. The summed E-state index contributed by atoms with van der Waals surface area (Å²) in [5.74, 6) is -0.662. The Hall–Kier alpha value is -3.61. The van der Waals surface area contributed by atoms with Crippen molar-refractivity contribution < 1.29 is 15.0 Å². The Balaban J connectivity index is 1.72. The molecule has 0 spiro atoms. The number of primary amides is 1. The number of nitrogens with zero attached hydrogens (tertiary/aromatic N) is 4. The van der Waals surface area contributed by atoms with Crippen LogP contribution in [0.4, 0.5) is 5.69 Å². The summed E-state index contributed by atoms with van der Waals surface area (Å²) in [6, 6.07) is 1.43. The van der Waals surface area contributed by atoms with Crippen molar-refractivity contribution in [3.63, 3.8) is 0 Å². The molecular formula is C18H17N7O4S. The number of carbonyl (C=O) groups excluding carboxylic acids is 1. The zero-order valence-corrected chi connectivity index (χ0v) is 16.3. The predicted octanol–water partition coefficient (Wildman–Crippen LogP) is -0.0556. The number of nitrogens with one attached hydrogen (secondary N) is 1. The van der Waals surface area contributed by atoms with Gasteiger partial charge in [-0.1, -0.05) is 0 Å². The van der Waals surface area contributed by atoms with Crippen LogP contribution in [0, 0.1) is 0 Å². The summed E-state index contributed by atoms with van der Waals surface area (Å²) in [5, 5.41) is 23.0. The maximum absolute atomic E-state index is 12.7. The minimum Gasteiger partial charge on any atom is -0.396 e. The summed E-state index contributed by atoms with van der Waals surface area (Å²) in [7, 11) is 0. The first-order valence-corrected chi connectivity index (χ1v) is 9.58. The van der Waals surface area contributed by atoms with Crippen molar-refractivity contribution in [2.45, 2.75) is 12.6 Å². The van der Waals surface area contributed by atoms with Crippen molar-refractivity contribution in [1.82, 2.24) is 24.7 Å². The number of aromatic nitrogens is 5. The number of amides is 1. The van der Waals surface area contributed by atoms with Crippen molar-refractivity contribution >= 4 is 34.0 Å². The molecule has 4 aromatic heterocycles. The highest BCUT2D eigenvalue weighted by Crippen LogP contribution is 2.34. The van der Waals surface area contributed by atoms with Gasteiger partial charge in [-0.2, -0.15) is 5.10 Å². The summed E-state index contributed by atoms with van der Waals surface area (Å²) >= 11 is 1.24. The van der Waals surface area contributed by atoms with E-state index in [2.05, 4.69) is 20.1 Å². The highest BCUT2D eigenvalue weighted by Gasteiger charge is 2.18. The highest BCUT2D eigenvalue weighted by atomic mass is 32.1. The summed E-state index contributed by atoms with van der Waals surface area (Å²) in [6.07, 6.45) is 5.29. The Labute approximate surface area is 172 Å². The Morgan fingerprint density at radius 2 is 2.10 bits per heavy atom. The number of hydrogen-bond acceptors (Lipinski definition) is 9. The largest absolute Gasteiger partial charge is 0.396 e. The van der Waals surface area contributed by atoms with E-state index in [9.17, 15) is 14.7 Å². The van der Waals surface area contributed by atoms with E-state index in [1.54, 1.807) is 18.6 Å². The van der Waals surface area contributed by atoms with Crippen LogP contribution in [-0.2, 0) is 6.54 Å². The third-order valence-corrected chi connectivity index (χ3v) is 5.48. The Morgan fingerprint density at radius 3 is 2.83 bits per heavy atom. The molecule has 0 aliphatic rings. The van der Waals surface area contributed by atoms with Crippen LogP contribution in [0.25, 0.3) is 32.0 Å². The monoisotopic (exact) mass is 427 g/mol. The number of carbonyl (C=O) groups is 1. The molecule has 1 unspecified atom stereocenters. The van der Waals surface area contributed by atoms with E-state index >= 15 is 0 Å². The molecule has 7 N–H and O–H groups in total. The van der Waals surface area contributed by atoms with E-state index in [-0.39, 0.29) is 30.0 Å². The van der Waals surface area contributed by atoms with Gasteiger partial charge in [0.25, 0.3) is 5.56 Å².